The molecule has 3 heteroatoms. The van der Waals surface area contributed by atoms with E-state index in [0.717, 1.165) is 56.8 Å². The fourth-order valence-electron chi connectivity index (χ4n) is 2.30. The average molecular weight is 224 g/mol. The first-order chi connectivity index (χ1) is 7.69. The van der Waals surface area contributed by atoms with Gasteiger partial charge in [0, 0.05) is 18.7 Å². The van der Waals surface area contributed by atoms with Gasteiger partial charge in [-0.05, 0) is 45.1 Å². The van der Waals surface area contributed by atoms with Crippen LogP contribution in [0.4, 0.5) is 0 Å². The van der Waals surface area contributed by atoms with E-state index in [0.29, 0.717) is 0 Å². The van der Waals surface area contributed by atoms with E-state index in [2.05, 4.69) is 6.92 Å². The van der Waals surface area contributed by atoms with Gasteiger partial charge in [0.25, 0.3) is 0 Å². The molecule has 1 fully saturated rings. The summed E-state index contributed by atoms with van der Waals surface area (Å²) in [5.74, 6) is 0.942. The number of piperidine rings is 1. The Bertz CT molecular complexity index is 253. The molecule has 1 aliphatic rings. The molecule has 0 aromatic heterocycles. The fourth-order valence-corrected chi connectivity index (χ4v) is 2.30. The average Bonchev–Trinajstić information content (AvgIpc) is 2.30. The van der Waals surface area contributed by atoms with Crippen molar-refractivity contribution < 1.29 is 4.79 Å². The number of amides is 1. The van der Waals surface area contributed by atoms with Crippen molar-refractivity contribution in [2.75, 3.05) is 19.6 Å². The van der Waals surface area contributed by atoms with Gasteiger partial charge in [0.05, 0.1) is 0 Å². The van der Waals surface area contributed by atoms with Crippen LogP contribution in [-0.4, -0.2) is 30.4 Å². The molecule has 92 valence electrons. The van der Waals surface area contributed by atoms with Gasteiger partial charge >= 0.3 is 0 Å². The van der Waals surface area contributed by atoms with Gasteiger partial charge in [-0.1, -0.05) is 13.0 Å². The summed E-state index contributed by atoms with van der Waals surface area (Å²) in [6, 6.07) is 0. The molecular weight excluding hydrogens is 200 g/mol. The molecule has 16 heavy (non-hydrogen) atoms. The van der Waals surface area contributed by atoms with E-state index >= 15 is 0 Å². The number of allylic oxidation sites excluding steroid dienone is 1. The lowest BCUT2D eigenvalue weighted by atomic mass is 9.93. The third-order valence-electron chi connectivity index (χ3n) is 3.32. The minimum Gasteiger partial charge on any atom is -0.339 e. The second kappa shape index (κ2) is 6.69. The van der Waals surface area contributed by atoms with Gasteiger partial charge in [0.2, 0.25) is 5.91 Å². The summed E-state index contributed by atoms with van der Waals surface area (Å²) < 4.78 is 0. The molecule has 1 aliphatic heterocycles. The van der Waals surface area contributed by atoms with Crippen LogP contribution in [0.1, 0.15) is 39.5 Å². The molecule has 0 saturated carbocycles. The number of nitrogens with two attached hydrogens (primary N) is 1. The van der Waals surface area contributed by atoms with E-state index in [9.17, 15) is 4.79 Å². The van der Waals surface area contributed by atoms with Crippen molar-refractivity contribution in [3.63, 3.8) is 0 Å². The van der Waals surface area contributed by atoms with E-state index in [1.54, 1.807) is 0 Å². The Hall–Kier alpha value is -0.830. The predicted octanol–water partition coefficient (Wildman–Crippen LogP) is 1.93. The van der Waals surface area contributed by atoms with Crippen molar-refractivity contribution >= 4 is 5.91 Å². The molecule has 0 bridgehead atoms. The van der Waals surface area contributed by atoms with E-state index in [1.807, 2.05) is 17.9 Å². The highest BCUT2D eigenvalue weighted by Gasteiger charge is 2.22. The molecule has 0 atom stereocenters. The molecule has 0 radical (unpaired) electrons. The number of hydrogen-bond acceptors (Lipinski definition) is 2. The zero-order chi connectivity index (χ0) is 12.0. The molecule has 0 unspecified atom stereocenters. The molecule has 1 amide bonds. The SMILES string of the molecule is CCC=C(C)C(=O)N1CCC(CCN)CC1. The fraction of sp³-hybridized carbons (Fsp3) is 0.769. The molecule has 2 N–H and O–H groups in total. The summed E-state index contributed by atoms with van der Waals surface area (Å²) in [5.41, 5.74) is 6.44. The number of hydrogen-bond donors (Lipinski definition) is 1. The first kappa shape index (κ1) is 13.2. The lowest BCUT2D eigenvalue weighted by Crippen LogP contribution is -2.39. The van der Waals surface area contributed by atoms with Crippen molar-refractivity contribution in [1.82, 2.24) is 4.90 Å². The Morgan fingerprint density at radius 2 is 2.06 bits per heavy atom. The summed E-state index contributed by atoms with van der Waals surface area (Å²) in [6.07, 6.45) is 6.27. The maximum absolute atomic E-state index is 12.0. The van der Waals surface area contributed by atoms with Crippen LogP contribution in [0.25, 0.3) is 0 Å². The monoisotopic (exact) mass is 224 g/mol. The first-order valence-electron chi connectivity index (χ1n) is 6.35. The molecular formula is C13H24N2O. The van der Waals surface area contributed by atoms with E-state index in [4.69, 9.17) is 5.73 Å². The summed E-state index contributed by atoms with van der Waals surface area (Å²) in [6.45, 7) is 6.55. The zero-order valence-corrected chi connectivity index (χ0v) is 10.5. The van der Waals surface area contributed by atoms with E-state index in [-0.39, 0.29) is 5.91 Å². The third-order valence-corrected chi connectivity index (χ3v) is 3.32. The van der Waals surface area contributed by atoms with Crippen molar-refractivity contribution in [2.45, 2.75) is 39.5 Å². The Balaban J connectivity index is 2.41. The Kier molecular flexibility index (Phi) is 5.53. The van der Waals surface area contributed by atoms with Gasteiger partial charge in [0.15, 0.2) is 0 Å². The van der Waals surface area contributed by atoms with Crippen LogP contribution in [-0.2, 0) is 4.79 Å². The largest absolute Gasteiger partial charge is 0.339 e. The van der Waals surface area contributed by atoms with Gasteiger partial charge < -0.3 is 10.6 Å². The standard InChI is InChI=1S/C13H24N2O/c1-3-4-11(2)13(16)15-9-6-12(5-8-14)7-10-15/h4,12H,3,5-10,14H2,1-2H3. The highest BCUT2D eigenvalue weighted by Crippen LogP contribution is 2.20. The Labute approximate surface area is 98.7 Å². The molecule has 0 spiro atoms. The Morgan fingerprint density at radius 3 is 2.56 bits per heavy atom. The number of nitrogens with zero attached hydrogens (tertiary/aromatic N) is 1. The van der Waals surface area contributed by atoms with Gasteiger partial charge in [-0.15, -0.1) is 0 Å². The smallest absolute Gasteiger partial charge is 0.249 e. The van der Waals surface area contributed by atoms with Crippen LogP contribution in [0.2, 0.25) is 0 Å². The van der Waals surface area contributed by atoms with Crippen LogP contribution < -0.4 is 5.73 Å². The molecule has 1 heterocycles. The molecule has 0 aromatic rings. The summed E-state index contributed by atoms with van der Waals surface area (Å²) >= 11 is 0. The maximum Gasteiger partial charge on any atom is 0.249 e. The molecule has 1 saturated heterocycles. The van der Waals surface area contributed by atoms with Crippen molar-refractivity contribution in [3.05, 3.63) is 11.6 Å². The molecule has 0 aliphatic carbocycles. The minimum atomic E-state index is 0.216. The number of carbonyl (C=O) groups excluding carboxylic acids is 1. The van der Waals surface area contributed by atoms with Crippen molar-refractivity contribution in [3.8, 4) is 0 Å². The normalized spacial score (nSPS) is 18.9. The predicted molar refractivity (Wildman–Crippen MR) is 67.0 cm³/mol. The van der Waals surface area contributed by atoms with E-state index in [1.165, 1.54) is 0 Å². The van der Waals surface area contributed by atoms with Crippen molar-refractivity contribution in [2.24, 2.45) is 11.7 Å². The van der Waals surface area contributed by atoms with Crippen LogP contribution >= 0.6 is 0 Å². The summed E-state index contributed by atoms with van der Waals surface area (Å²) in [5, 5.41) is 0. The van der Waals surface area contributed by atoms with Crippen LogP contribution in [0.15, 0.2) is 11.6 Å². The summed E-state index contributed by atoms with van der Waals surface area (Å²) in [4.78, 5) is 14.0. The Morgan fingerprint density at radius 1 is 1.44 bits per heavy atom. The van der Waals surface area contributed by atoms with Gasteiger partial charge in [-0.2, -0.15) is 0 Å². The zero-order valence-electron chi connectivity index (χ0n) is 10.5. The molecule has 0 aromatic carbocycles. The van der Waals surface area contributed by atoms with Gasteiger partial charge in [-0.25, -0.2) is 0 Å². The van der Waals surface area contributed by atoms with Crippen LogP contribution in [0, 0.1) is 5.92 Å². The lowest BCUT2D eigenvalue weighted by molar-refractivity contribution is -0.128. The number of carbonyl (C=O) groups is 1. The van der Waals surface area contributed by atoms with Crippen LogP contribution in [0.5, 0.6) is 0 Å². The lowest BCUT2D eigenvalue weighted by Gasteiger charge is -2.32. The number of rotatable bonds is 4. The number of likely N-dealkylation sites (tertiary alicyclic amines) is 1. The topological polar surface area (TPSA) is 46.3 Å². The third kappa shape index (κ3) is 3.63. The van der Waals surface area contributed by atoms with Gasteiger partial charge in [-0.3, -0.25) is 4.79 Å². The first-order valence-corrected chi connectivity index (χ1v) is 6.35. The van der Waals surface area contributed by atoms with Crippen molar-refractivity contribution in [1.29, 1.82) is 0 Å². The van der Waals surface area contributed by atoms with Gasteiger partial charge in [0.1, 0.15) is 0 Å². The molecule has 1 rings (SSSR count). The second-order valence-corrected chi connectivity index (χ2v) is 4.61. The minimum absolute atomic E-state index is 0.216. The maximum atomic E-state index is 12.0. The van der Waals surface area contributed by atoms with Crippen LogP contribution in [0.3, 0.4) is 0 Å². The summed E-state index contributed by atoms with van der Waals surface area (Å²) in [7, 11) is 0. The second-order valence-electron chi connectivity index (χ2n) is 4.61. The highest BCUT2D eigenvalue weighted by molar-refractivity contribution is 5.92. The highest BCUT2D eigenvalue weighted by atomic mass is 16.2. The molecule has 3 nitrogen and oxygen atoms in total. The van der Waals surface area contributed by atoms with E-state index < -0.39 is 0 Å². The quantitative estimate of drug-likeness (QED) is 0.742.